The first-order valence-electron chi connectivity index (χ1n) is 8.03. The van der Waals surface area contributed by atoms with E-state index >= 15 is 0 Å². The average Bonchev–Trinajstić information content (AvgIpc) is 2.61. The van der Waals surface area contributed by atoms with Gasteiger partial charge < -0.3 is 10.6 Å². The normalized spacial score (nSPS) is 10.3. The molecule has 0 saturated carbocycles. The van der Waals surface area contributed by atoms with Gasteiger partial charge in [0, 0.05) is 22.5 Å². The molecule has 136 valence electrons. The number of aryl methyl sites for hydroxylation is 1. The lowest BCUT2D eigenvalue weighted by atomic mass is 10.1. The molecule has 5 nitrogen and oxygen atoms in total. The summed E-state index contributed by atoms with van der Waals surface area (Å²) in [5.41, 5.74) is 2.13. The number of nitrogens with zero attached hydrogens (tertiary/aromatic N) is 1. The number of hydrogen-bond donors (Lipinski definition) is 2. The van der Waals surface area contributed by atoms with E-state index in [-0.39, 0.29) is 10.9 Å². The van der Waals surface area contributed by atoms with Crippen molar-refractivity contribution in [2.45, 2.75) is 6.92 Å². The zero-order chi connectivity index (χ0) is 19.4. The molecule has 0 aliphatic rings. The minimum absolute atomic E-state index is 0.249. The van der Waals surface area contributed by atoms with E-state index in [1.807, 2.05) is 13.0 Å². The van der Waals surface area contributed by atoms with Crippen molar-refractivity contribution in [3.63, 3.8) is 0 Å². The van der Waals surface area contributed by atoms with E-state index in [2.05, 4.69) is 15.6 Å². The first kappa shape index (κ1) is 18.9. The molecule has 3 aromatic rings. The molecular formula is C20H15Cl2N3O2. The van der Waals surface area contributed by atoms with E-state index in [0.29, 0.717) is 27.7 Å². The van der Waals surface area contributed by atoms with Crippen LogP contribution in [0.1, 0.15) is 26.3 Å². The van der Waals surface area contributed by atoms with Gasteiger partial charge >= 0.3 is 0 Å². The predicted octanol–water partition coefficient (Wildman–Crippen LogP) is 5.20. The Labute approximate surface area is 166 Å². The molecule has 3 rings (SSSR count). The number of aromatic nitrogens is 1. The Morgan fingerprint density at radius 2 is 1.74 bits per heavy atom. The Morgan fingerprint density at radius 1 is 0.926 bits per heavy atom. The van der Waals surface area contributed by atoms with E-state index in [0.717, 1.165) is 5.56 Å². The topological polar surface area (TPSA) is 71.1 Å². The van der Waals surface area contributed by atoms with Crippen LogP contribution in [0.25, 0.3) is 0 Å². The number of anilines is 2. The van der Waals surface area contributed by atoms with Crippen LogP contribution in [0.15, 0.2) is 60.8 Å². The second-order valence-electron chi connectivity index (χ2n) is 5.83. The SMILES string of the molecule is Cc1ccnc(NC(=O)c2cccc(NC(=O)c3ccc(Cl)cc3Cl)c2)c1. The number of rotatable bonds is 4. The van der Waals surface area contributed by atoms with Crippen LogP contribution < -0.4 is 10.6 Å². The van der Waals surface area contributed by atoms with Gasteiger partial charge in [0.1, 0.15) is 5.82 Å². The zero-order valence-electron chi connectivity index (χ0n) is 14.3. The van der Waals surface area contributed by atoms with Crippen LogP contribution in [0.4, 0.5) is 11.5 Å². The highest BCUT2D eigenvalue weighted by Crippen LogP contribution is 2.22. The largest absolute Gasteiger partial charge is 0.322 e. The summed E-state index contributed by atoms with van der Waals surface area (Å²) in [4.78, 5) is 28.9. The maximum Gasteiger partial charge on any atom is 0.257 e. The van der Waals surface area contributed by atoms with Gasteiger partial charge in [-0.15, -0.1) is 0 Å². The van der Waals surface area contributed by atoms with E-state index in [4.69, 9.17) is 23.2 Å². The van der Waals surface area contributed by atoms with Crippen molar-refractivity contribution >= 4 is 46.5 Å². The smallest absolute Gasteiger partial charge is 0.257 e. The van der Waals surface area contributed by atoms with Crippen LogP contribution in [0.5, 0.6) is 0 Å². The molecule has 2 N–H and O–H groups in total. The van der Waals surface area contributed by atoms with Gasteiger partial charge in [-0.1, -0.05) is 29.3 Å². The Hall–Kier alpha value is -2.89. The van der Waals surface area contributed by atoms with Crippen LogP contribution in [0.2, 0.25) is 10.0 Å². The van der Waals surface area contributed by atoms with Crippen LogP contribution in [0.3, 0.4) is 0 Å². The number of pyridine rings is 1. The van der Waals surface area contributed by atoms with E-state index in [1.165, 1.54) is 6.07 Å². The fourth-order valence-corrected chi connectivity index (χ4v) is 2.90. The molecule has 0 atom stereocenters. The standard InChI is InChI=1S/C20H15Cl2N3O2/c1-12-7-8-23-18(9-12)25-19(26)13-3-2-4-15(10-13)24-20(27)16-6-5-14(21)11-17(16)22/h2-11H,1H3,(H,24,27)(H,23,25,26). The van der Waals surface area contributed by atoms with Crippen LogP contribution >= 0.6 is 23.2 Å². The van der Waals surface area contributed by atoms with Crippen LogP contribution in [0, 0.1) is 6.92 Å². The molecule has 0 aliphatic heterocycles. The molecule has 1 aromatic heterocycles. The van der Waals surface area contributed by atoms with Gasteiger partial charge in [-0.25, -0.2) is 4.98 Å². The zero-order valence-corrected chi connectivity index (χ0v) is 15.8. The first-order chi connectivity index (χ1) is 12.9. The summed E-state index contributed by atoms with van der Waals surface area (Å²) in [7, 11) is 0. The number of nitrogens with one attached hydrogen (secondary N) is 2. The minimum Gasteiger partial charge on any atom is -0.322 e. The molecule has 2 amide bonds. The molecule has 0 aliphatic carbocycles. The quantitative estimate of drug-likeness (QED) is 0.632. The summed E-state index contributed by atoms with van der Waals surface area (Å²) < 4.78 is 0. The highest BCUT2D eigenvalue weighted by Gasteiger charge is 2.13. The van der Waals surface area contributed by atoms with Gasteiger partial charge in [0.2, 0.25) is 0 Å². The maximum atomic E-state index is 12.4. The van der Waals surface area contributed by atoms with Crippen molar-refractivity contribution in [2.24, 2.45) is 0 Å². The van der Waals surface area contributed by atoms with Crippen molar-refractivity contribution in [3.8, 4) is 0 Å². The van der Waals surface area contributed by atoms with Crippen LogP contribution in [-0.2, 0) is 0 Å². The van der Waals surface area contributed by atoms with Gasteiger partial charge in [0.25, 0.3) is 11.8 Å². The molecule has 0 radical (unpaired) electrons. The Morgan fingerprint density at radius 3 is 2.48 bits per heavy atom. The van der Waals surface area contributed by atoms with E-state index < -0.39 is 5.91 Å². The molecule has 27 heavy (non-hydrogen) atoms. The molecule has 2 aromatic carbocycles. The predicted molar refractivity (Wildman–Crippen MR) is 108 cm³/mol. The van der Waals surface area contributed by atoms with Gasteiger partial charge in [-0.3, -0.25) is 9.59 Å². The van der Waals surface area contributed by atoms with Crippen molar-refractivity contribution in [1.82, 2.24) is 4.98 Å². The highest BCUT2D eigenvalue weighted by molar-refractivity contribution is 6.37. The monoisotopic (exact) mass is 399 g/mol. The lowest BCUT2D eigenvalue weighted by molar-refractivity contribution is 0.101. The third-order valence-electron chi connectivity index (χ3n) is 3.72. The summed E-state index contributed by atoms with van der Waals surface area (Å²) in [5, 5.41) is 6.15. The number of carbonyl (C=O) groups excluding carboxylic acids is 2. The highest BCUT2D eigenvalue weighted by atomic mass is 35.5. The number of benzene rings is 2. The first-order valence-corrected chi connectivity index (χ1v) is 8.78. The van der Waals surface area contributed by atoms with Gasteiger partial charge in [0.15, 0.2) is 0 Å². The van der Waals surface area contributed by atoms with Crippen molar-refractivity contribution < 1.29 is 9.59 Å². The molecular weight excluding hydrogens is 385 g/mol. The molecule has 0 fully saturated rings. The number of hydrogen-bond acceptors (Lipinski definition) is 3. The fraction of sp³-hybridized carbons (Fsp3) is 0.0500. The fourth-order valence-electron chi connectivity index (χ4n) is 2.40. The Bertz CT molecular complexity index is 1020. The summed E-state index contributed by atoms with van der Waals surface area (Å²) in [6.07, 6.45) is 1.62. The van der Waals surface area contributed by atoms with E-state index in [9.17, 15) is 9.59 Å². The number of halogens is 2. The third-order valence-corrected chi connectivity index (χ3v) is 4.26. The minimum atomic E-state index is -0.394. The lowest BCUT2D eigenvalue weighted by Gasteiger charge is -2.09. The summed E-state index contributed by atoms with van der Waals surface area (Å²) >= 11 is 11.9. The Kier molecular flexibility index (Phi) is 5.74. The second kappa shape index (κ2) is 8.20. The average molecular weight is 400 g/mol. The second-order valence-corrected chi connectivity index (χ2v) is 6.68. The van der Waals surface area contributed by atoms with Gasteiger partial charge in [0.05, 0.1) is 10.6 Å². The van der Waals surface area contributed by atoms with Gasteiger partial charge in [-0.2, -0.15) is 0 Å². The lowest BCUT2D eigenvalue weighted by Crippen LogP contribution is -2.15. The molecule has 7 heteroatoms. The molecule has 1 heterocycles. The molecule has 0 saturated heterocycles. The number of amides is 2. The van der Waals surface area contributed by atoms with E-state index in [1.54, 1.807) is 48.7 Å². The maximum absolute atomic E-state index is 12.4. The number of carbonyl (C=O) groups is 2. The summed E-state index contributed by atoms with van der Waals surface area (Å²) in [5.74, 6) is -0.259. The molecule has 0 bridgehead atoms. The Balaban J connectivity index is 1.75. The molecule has 0 spiro atoms. The van der Waals surface area contributed by atoms with Crippen molar-refractivity contribution in [3.05, 3.63) is 87.5 Å². The third kappa shape index (κ3) is 4.84. The molecule has 0 unspecified atom stereocenters. The van der Waals surface area contributed by atoms with Crippen LogP contribution in [-0.4, -0.2) is 16.8 Å². The van der Waals surface area contributed by atoms with Gasteiger partial charge in [-0.05, 0) is 61.0 Å². The van der Waals surface area contributed by atoms with Crippen molar-refractivity contribution in [2.75, 3.05) is 10.6 Å². The van der Waals surface area contributed by atoms with Crippen molar-refractivity contribution in [1.29, 1.82) is 0 Å². The summed E-state index contributed by atoms with van der Waals surface area (Å²) in [6.45, 7) is 1.91. The summed E-state index contributed by atoms with van der Waals surface area (Å²) in [6, 6.07) is 14.8.